The van der Waals surface area contributed by atoms with Gasteiger partial charge in [0, 0.05) is 12.1 Å². The molecule has 1 atom stereocenters. The summed E-state index contributed by atoms with van der Waals surface area (Å²) >= 11 is 0. The van der Waals surface area contributed by atoms with Gasteiger partial charge in [0.15, 0.2) is 0 Å². The second-order valence-electron chi connectivity index (χ2n) is 4.70. The summed E-state index contributed by atoms with van der Waals surface area (Å²) in [6.45, 7) is 0. The number of nitro groups is 1. The predicted octanol–water partition coefficient (Wildman–Crippen LogP) is 3.49. The molecule has 0 radical (unpaired) electrons. The molecule has 1 aromatic rings. The summed E-state index contributed by atoms with van der Waals surface area (Å²) in [5.41, 5.74) is -0.394. The minimum Gasteiger partial charge on any atom is -0.424 e. The lowest BCUT2D eigenvalue weighted by molar-refractivity contribution is -0.384. The Balaban J connectivity index is 2.06. The maximum Gasteiger partial charge on any atom is 0.379 e. The highest BCUT2D eigenvalue weighted by Crippen LogP contribution is 2.52. The fourth-order valence-corrected chi connectivity index (χ4v) is 3.85. The zero-order chi connectivity index (χ0) is 13.9. The van der Waals surface area contributed by atoms with Gasteiger partial charge in [-0.2, -0.15) is 0 Å². The average Bonchev–Trinajstić information content (AvgIpc) is 2.40. The summed E-state index contributed by atoms with van der Waals surface area (Å²) in [6, 6.07) is 5.22. The van der Waals surface area contributed by atoms with Crippen LogP contribution >= 0.6 is 7.60 Å². The van der Waals surface area contributed by atoms with E-state index in [1.54, 1.807) is 0 Å². The van der Waals surface area contributed by atoms with E-state index in [1.165, 1.54) is 24.3 Å². The molecule has 0 heterocycles. The van der Waals surface area contributed by atoms with Gasteiger partial charge >= 0.3 is 7.60 Å². The van der Waals surface area contributed by atoms with E-state index in [-0.39, 0.29) is 17.1 Å². The van der Waals surface area contributed by atoms with Gasteiger partial charge in [-0.15, -0.1) is 0 Å². The van der Waals surface area contributed by atoms with Gasteiger partial charge in [0.25, 0.3) is 5.69 Å². The van der Waals surface area contributed by atoms with Gasteiger partial charge in [0.1, 0.15) is 5.75 Å². The topological polar surface area (TPSA) is 89.7 Å². The Labute approximate surface area is 111 Å². The molecule has 2 rings (SSSR count). The molecule has 0 bridgehead atoms. The molecule has 0 aromatic heterocycles. The molecule has 7 heteroatoms. The molecular formula is C12H16NO5P. The molecule has 1 aliphatic rings. The van der Waals surface area contributed by atoms with Crippen LogP contribution in [0.3, 0.4) is 0 Å². The lowest BCUT2D eigenvalue weighted by Gasteiger charge is -2.25. The van der Waals surface area contributed by atoms with Crippen molar-refractivity contribution in [1.29, 1.82) is 0 Å². The lowest BCUT2D eigenvalue weighted by Crippen LogP contribution is -2.15. The highest BCUT2D eigenvalue weighted by molar-refractivity contribution is 7.54. The molecule has 0 spiro atoms. The first-order chi connectivity index (χ1) is 8.99. The minimum atomic E-state index is -3.70. The van der Waals surface area contributed by atoms with Crippen molar-refractivity contribution in [3.63, 3.8) is 0 Å². The second-order valence-corrected chi connectivity index (χ2v) is 6.74. The first-order valence-corrected chi connectivity index (χ1v) is 7.90. The van der Waals surface area contributed by atoms with Crippen LogP contribution in [0.5, 0.6) is 5.75 Å². The van der Waals surface area contributed by atoms with Crippen LogP contribution in [0.15, 0.2) is 24.3 Å². The van der Waals surface area contributed by atoms with E-state index >= 15 is 0 Å². The van der Waals surface area contributed by atoms with Crippen molar-refractivity contribution in [2.45, 2.75) is 37.8 Å². The Morgan fingerprint density at radius 2 is 1.79 bits per heavy atom. The quantitative estimate of drug-likeness (QED) is 0.519. The third-order valence-electron chi connectivity index (χ3n) is 3.32. The van der Waals surface area contributed by atoms with E-state index in [9.17, 15) is 19.6 Å². The van der Waals surface area contributed by atoms with Crippen LogP contribution in [0.25, 0.3) is 0 Å². The van der Waals surface area contributed by atoms with Crippen LogP contribution in [-0.4, -0.2) is 15.5 Å². The van der Waals surface area contributed by atoms with Crippen molar-refractivity contribution < 1.29 is 18.9 Å². The van der Waals surface area contributed by atoms with Gasteiger partial charge in [-0.05, 0) is 25.0 Å². The molecule has 0 amide bonds. The van der Waals surface area contributed by atoms with Crippen LogP contribution in [0.1, 0.15) is 32.1 Å². The molecule has 1 unspecified atom stereocenters. The van der Waals surface area contributed by atoms with E-state index in [2.05, 4.69) is 0 Å². The second kappa shape index (κ2) is 5.72. The van der Waals surface area contributed by atoms with Crippen molar-refractivity contribution in [2.24, 2.45) is 0 Å². The van der Waals surface area contributed by atoms with Crippen molar-refractivity contribution in [3.8, 4) is 5.75 Å². The summed E-state index contributed by atoms with van der Waals surface area (Å²) in [7, 11) is -3.70. The molecule has 1 saturated carbocycles. The summed E-state index contributed by atoms with van der Waals surface area (Å²) in [4.78, 5) is 20.0. The first kappa shape index (κ1) is 14.0. The monoisotopic (exact) mass is 285 g/mol. The number of nitrogens with zero attached hydrogens (tertiary/aromatic N) is 1. The molecule has 6 nitrogen and oxygen atoms in total. The van der Waals surface area contributed by atoms with E-state index in [4.69, 9.17) is 4.52 Å². The number of nitro benzene ring substituents is 1. The van der Waals surface area contributed by atoms with Gasteiger partial charge in [-0.25, -0.2) is 4.57 Å². The highest BCUT2D eigenvalue weighted by atomic mass is 31.2. The Bertz CT molecular complexity index is 495. The summed E-state index contributed by atoms with van der Waals surface area (Å²) in [6.07, 6.45) is 4.37. The molecule has 104 valence electrons. The summed E-state index contributed by atoms with van der Waals surface area (Å²) < 4.78 is 17.3. The number of rotatable bonds is 4. The van der Waals surface area contributed by atoms with Crippen molar-refractivity contribution in [3.05, 3.63) is 34.4 Å². The zero-order valence-electron chi connectivity index (χ0n) is 10.4. The van der Waals surface area contributed by atoms with Crippen LogP contribution < -0.4 is 4.52 Å². The Morgan fingerprint density at radius 1 is 1.21 bits per heavy atom. The SMILES string of the molecule is O=[N+]([O-])c1ccc(OP(=O)(O)C2CCCCC2)cc1. The number of hydrogen-bond acceptors (Lipinski definition) is 4. The summed E-state index contributed by atoms with van der Waals surface area (Å²) in [5.74, 6) is 0.196. The molecule has 1 aliphatic carbocycles. The molecule has 1 fully saturated rings. The minimum absolute atomic E-state index is 0.0715. The van der Waals surface area contributed by atoms with Crippen LogP contribution in [0.4, 0.5) is 5.69 Å². The lowest BCUT2D eigenvalue weighted by atomic mass is 10.0. The Hall–Kier alpha value is -1.39. The normalized spacial score (nSPS) is 19.6. The third kappa shape index (κ3) is 3.55. The van der Waals surface area contributed by atoms with Crippen LogP contribution in [0, 0.1) is 10.1 Å². The van der Waals surface area contributed by atoms with Crippen molar-refractivity contribution >= 4 is 13.3 Å². The third-order valence-corrected chi connectivity index (χ3v) is 5.23. The van der Waals surface area contributed by atoms with Gasteiger partial charge in [-0.3, -0.25) is 10.1 Å². The van der Waals surface area contributed by atoms with Gasteiger partial charge in [-0.1, -0.05) is 19.3 Å². The molecule has 1 N–H and O–H groups in total. The van der Waals surface area contributed by atoms with E-state index in [0.29, 0.717) is 12.8 Å². The van der Waals surface area contributed by atoms with Crippen LogP contribution in [0.2, 0.25) is 0 Å². The first-order valence-electron chi connectivity index (χ1n) is 6.25. The highest BCUT2D eigenvalue weighted by Gasteiger charge is 2.34. The molecule has 0 aliphatic heterocycles. The standard InChI is InChI=1S/C12H16NO5P/c14-13(15)10-6-8-11(9-7-10)18-19(16,17)12-4-2-1-3-5-12/h6-9,12H,1-5H2,(H,16,17). The fraction of sp³-hybridized carbons (Fsp3) is 0.500. The predicted molar refractivity (Wildman–Crippen MR) is 70.4 cm³/mol. The maximum absolute atomic E-state index is 12.2. The van der Waals surface area contributed by atoms with Gasteiger partial charge in [0.2, 0.25) is 0 Å². The number of non-ortho nitro benzene ring substituents is 1. The van der Waals surface area contributed by atoms with Crippen LogP contribution in [-0.2, 0) is 4.57 Å². The van der Waals surface area contributed by atoms with E-state index in [1.807, 2.05) is 0 Å². The van der Waals surface area contributed by atoms with Gasteiger partial charge < -0.3 is 9.42 Å². The average molecular weight is 285 g/mol. The Kier molecular flexibility index (Phi) is 4.22. The van der Waals surface area contributed by atoms with Gasteiger partial charge in [0.05, 0.1) is 10.6 Å². The van der Waals surface area contributed by atoms with Crippen molar-refractivity contribution in [1.82, 2.24) is 0 Å². The largest absolute Gasteiger partial charge is 0.424 e. The smallest absolute Gasteiger partial charge is 0.379 e. The Morgan fingerprint density at radius 3 is 2.32 bits per heavy atom. The van der Waals surface area contributed by atoms with Crippen molar-refractivity contribution in [2.75, 3.05) is 0 Å². The number of hydrogen-bond donors (Lipinski definition) is 1. The maximum atomic E-state index is 12.2. The summed E-state index contributed by atoms with van der Waals surface area (Å²) in [5, 5.41) is 10.5. The fourth-order valence-electron chi connectivity index (χ4n) is 2.26. The molecule has 19 heavy (non-hydrogen) atoms. The molecule has 0 saturated heterocycles. The molecule has 1 aromatic carbocycles. The van der Waals surface area contributed by atoms with E-state index < -0.39 is 12.5 Å². The molecular weight excluding hydrogens is 269 g/mol. The zero-order valence-corrected chi connectivity index (χ0v) is 11.3. The number of benzene rings is 1. The van der Waals surface area contributed by atoms with E-state index in [0.717, 1.165) is 19.3 Å².